The van der Waals surface area contributed by atoms with E-state index in [1.165, 1.54) is 12.1 Å². The zero-order chi connectivity index (χ0) is 25.7. The van der Waals surface area contributed by atoms with E-state index < -0.39 is 5.82 Å². The van der Waals surface area contributed by atoms with Crippen LogP contribution in [0, 0.1) is 5.82 Å². The summed E-state index contributed by atoms with van der Waals surface area (Å²) >= 11 is 5.94. The van der Waals surface area contributed by atoms with Gasteiger partial charge in [0.25, 0.3) is 5.91 Å². The van der Waals surface area contributed by atoms with Gasteiger partial charge in [-0.15, -0.1) is 0 Å². The molecule has 2 fully saturated rings. The molecule has 0 radical (unpaired) electrons. The summed E-state index contributed by atoms with van der Waals surface area (Å²) in [5.74, 6) is -0.942. The molecule has 0 aliphatic carbocycles. The summed E-state index contributed by atoms with van der Waals surface area (Å²) in [6, 6.07) is 11.9. The molecule has 7 nitrogen and oxygen atoms in total. The lowest BCUT2D eigenvalue weighted by Crippen LogP contribution is -2.45. The largest absolute Gasteiger partial charge is 0.385 e. The molecule has 2 aliphatic rings. The molecule has 2 aromatic carbocycles. The maximum atomic E-state index is 14.9. The first kappa shape index (κ1) is 26.4. The number of amides is 3. The molecule has 2 saturated heterocycles. The summed E-state index contributed by atoms with van der Waals surface area (Å²) in [5.41, 5.74) is 1.53. The van der Waals surface area contributed by atoms with E-state index in [-0.39, 0.29) is 23.5 Å². The van der Waals surface area contributed by atoms with E-state index >= 15 is 0 Å². The van der Waals surface area contributed by atoms with Crippen LogP contribution in [-0.2, 0) is 4.74 Å². The Kier molecular flexibility index (Phi) is 8.82. The molecule has 9 heteroatoms. The smallest absolute Gasteiger partial charge is 0.320 e. The quantitative estimate of drug-likeness (QED) is 0.536. The number of nitrogens with one attached hydrogen (secondary N) is 1. The SMILES string of the molecule is COCCCNC1CCN(C(=O)N2CCC(N(C)C(=O)c3ccc(-c4ccc(Cl)cc4)cc3F)C2)C1. The summed E-state index contributed by atoms with van der Waals surface area (Å²) in [5, 5.41) is 4.09. The number of carbonyl (C=O) groups excluding carboxylic acids is 2. The molecule has 0 bridgehead atoms. The highest BCUT2D eigenvalue weighted by Gasteiger charge is 2.36. The van der Waals surface area contributed by atoms with Crippen molar-refractivity contribution in [1.29, 1.82) is 0 Å². The van der Waals surface area contributed by atoms with E-state index in [2.05, 4.69) is 5.32 Å². The van der Waals surface area contributed by atoms with Gasteiger partial charge in [0.15, 0.2) is 0 Å². The second-order valence-electron chi connectivity index (χ2n) is 9.52. The Hall–Kier alpha value is -2.68. The fourth-order valence-electron chi connectivity index (χ4n) is 4.92. The van der Waals surface area contributed by atoms with Crippen LogP contribution in [0.4, 0.5) is 9.18 Å². The Balaban J connectivity index is 1.31. The molecule has 2 heterocycles. The molecular formula is C27H34ClFN4O3. The van der Waals surface area contributed by atoms with Crippen LogP contribution in [0.15, 0.2) is 42.5 Å². The second kappa shape index (κ2) is 12.0. The number of benzene rings is 2. The van der Waals surface area contributed by atoms with Crippen LogP contribution in [-0.4, -0.2) is 92.2 Å². The van der Waals surface area contributed by atoms with E-state index in [0.29, 0.717) is 42.7 Å². The minimum absolute atomic E-state index is 0.0121. The van der Waals surface area contributed by atoms with Crippen molar-refractivity contribution in [2.75, 3.05) is 53.5 Å². The topological polar surface area (TPSA) is 65.1 Å². The van der Waals surface area contributed by atoms with Crippen molar-refractivity contribution in [3.05, 3.63) is 58.9 Å². The van der Waals surface area contributed by atoms with Gasteiger partial charge in [0.2, 0.25) is 0 Å². The Morgan fingerprint density at radius 3 is 2.50 bits per heavy atom. The van der Waals surface area contributed by atoms with Crippen molar-refractivity contribution in [2.24, 2.45) is 0 Å². The Morgan fingerprint density at radius 2 is 1.78 bits per heavy atom. The van der Waals surface area contributed by atoms with Crippen molar-refractivity contribution in [3.8, 4) is 11.1 Å². The van der Waals surface area contributed by atoms with Crippen LogP contribution in [0.25, 0.3) is 11.1 Å². The lowest BCUT2D eigenvalue weighted by atomic mass is 10.0. The second-order valence-corrected chi connectivity index (χ2v) is 9.96. The van der Waals surface area contributed by atoms with Crippen LogP contribution in [0.3, 0.4) is 0 Å². The van der Waals surface area contributed by atoms with Crippen molar-refractivity contribution < 1.29 is 18.7 Å². The van der Waals surface area contributed by atoms with E-state index in [9.17, 15) is 14.0 Å². The number of likely N-dealkylation sites (N-methyl/N-ethyl adjacent to an activating group) is 1. The van der Waals surface area contributed by atoms with Crippen LogP contribution in [0.5, 0.6) is 0 Å². The molecule has 2 aliphatic heterocycles. The number of likely N-dealkylation sites (tertiary alicyclic amines) is 2. The van der Waals surface area contributed by atoms with Crippen molar-refractivity contribution >= 4 is 23.5 Å². The molecule has 2 atom stereocenters. The molecular weight excluding hydrogens is 483 g/mol. The maximum Gasteiger partial charge on any atom is 0.320 e. The summed E-state index contributed by atoms with van der Waals surface area (Å²) < 4.78 is 20.0. The third kappa shape index (κ3) is 6.17. The third-order valence-electron chi connectivity index (χ3n) is 7.10. The predicted octanol–water partition coefficient (Wildman–Crippen LogP) is 4.11. The molecule has 0 spiro atoms. The van der Waals surface area contributed by atoms with Crippen molar-refractivity contribution in [2.45, 2.75) is 31.3 Å². The number of halogens is 2. The highest BCUT2D eigenvalue weighted by atomic mass is 35.5. The third-order valence-corrected chi connectivity index (χ3v) is 7.35. The van der Waals surface area contributed by atoms with Crippen molar-refractivity contribution in [1.82, 2.24) is 20.0 Å². The number of hydrogen-bond donors (Lipinski definition) is 1. The molecule has 4 rings (SSSR count). The van der Waals surface area contributed by atoms with Crippen LogP contribution < -0.4 is 5.32 Å². The van der Waals surface area contributed by atoms with Gasteiger partial charge in [0, 0.05) is 58.0 Å². The fraction of sp³-hybridized carbons (Fsp3) is 0.481. The van der Waals surface area contributed by atoms with Gasteiger partial charge in [-0.25, -0.2) is 9.18 Å². The van der Waals surface area contributed by atoms with Crippen molar-refractivity contribution in [3.63, 3.8) is 0 Å². The Morgan fingerprint density at radius 1 is 1.08 bits per heavy atom. The minimum Gasteiger partial charge on any atom is -0.385 e. The number of urea groups is 1. The Bertz CT molecular complexity index is 1070. The van der Waals surface area contributed by atoms with Crippen LogP contribution >= 0.6 is 11.6 Å². The van der Waals surface area contributed by atoms with Gasteiger partial charge in [0.05, 0.1) is 11.6 Å². The molecule has 2 aromatic rings. The highest BCUT2D eigenvalue weighted by Crippen LogP contribution is 2.26. The minimum atomic E-state index is -0.564. The van der Waals surface area contributed by atoms with Gasteiger partial charge in [-0.05, 0) is 61.2 Å². The maximum absolute atomic E-state index is 14.9. The number of carbonyl (C=O) groups is 2. The molecule has 194 valence electrons. The molecule has 3 amide bonds. The predicted molar refractivity (Wildman–Crippen MR) is 139 cm³/mol. The van der Waals surface area contributed by atoms with Gasteiger partial charge in [0.1, 0.15) is 5.82 Å². The number of methoxy groups -OCH3 is 1. The molecule has 1 N–H and O–H groups in total. The van der Waals surface area contributed by atoms with E-state index in [4.69, 9.17) is 16.3 Å². The summed E-state index contributed by atoms with van der Waals surface area (Å²) in [6.45, 7) is 4.04. The zero-order valence-corrected chi connectivity index (χ0v) is 21.6. The molecule has 36 heavy (non-hydrogen) atoms. The van der Waals surface area contributed by atoms with Gasteiger partial charge in [-0.1, -0.05) is 29.8 Å². The lowest BCUT2D eigenvalue weighted by Gasteiger charge is -2.27. The van der Waals surface area contributed by atoms with Crippen LogP contribution in [0.2, 0.25) is 5.02 Å². The normalized spacial score (nSPS) is 19.7. The molecule has 0 aromatic heterocycles. The zero-order valence-electron chi connectivity index (χ0n) is 20.9. The van der Waals surface area contributed by atoms with E-state index in [0.717, 1.165) is 38.1 Å². The lowest BCUT2D eigenvalue weighted by molar-refractivity contribution is 0.0730. The number of rotatable bonds is 8. The Labute approximate surface area is 217 Å². The van der Waals surface area contributed by atoms with E-state index in [1.807, 2.05) is 21.9 Å². The first-order chi connectivity index (χ1) is 17.4. The first-order valence-electron chi connectivity index (χ1n) is 12.5. The number of ether oxygens (including phenoxy) is 1. The first-order valence-corrected chi connectivity index (χ1v) is 12.8. The number of hydrogen-bond acceptors (Lipinski definition) is 4. The highest BCUT2D eigenvalue weighted by molar-refractivity contribution is 6.30. The van der Waals surface area contributed by atoms with Gasteiger partial charge in [-0.2, -0.15) is 0 Å². The number of nitrogens with zero attached hydrogens (tertiary/aromatic N) is 3. The molecule has 2 unspecified atom stereocenters. The molecule has 0 saturated carbocycles. The summed E-state index contributed by atoms with van der Waals surface area (Å²) in [4.78, 5) is 31.4. The average Bonchev–Trinajstić information content (AvgIpc) is 3.56. The van der Waals surface area contributed by atoms with Gasteiger partial charge in [-0.3, -0.25) is 4.79 Å². The summed E-state index contributed by atoms with van der Waals surface area (Å²) in [7, 11) is 3.38. The van der Waals surface area contributed by atoms with E-state index in [1.54, 1.807) is 37.3 Å². The average molecular weight is 517 g/mol. The fourth-order valence-corrected chi connectivity index (χ4v) is 5.05. The standard InChI is InChI=1S/C27H34ClFN4O3/c1-31(26(34)24-9-6-20(16-25(24)29)19-4-7-21(28)8-5-19)23-11-14-33(18-23)27(35)32-13-10-22(17-32)30-12-3-15-36-2/h4-9,16,22-23,30H,3,10-15,17-18H2,1-2H3. The summed E-state index contributed by atoms with van der Waals surface area (Å²) in [6.07, 6.45) is 2.55. The van der Waals surface area contributed by atoms with Gasteiger partial charge >= 0.3 is 6.03 Å². The monoisotopic (exact) mass is 516 g/mol. The van der Waals surface area contributed by atoms with Crippen LogP contribution in [0.1, 0.15) is 29.6 Å². The van der Waals surface area contributed by atoms with Gasteiger partial charge < -0.3 is 24.8 Å².